The largest absolute Gasteiger partial charge is 0.367 e. The Bertz CT molecular complexity index is 604. The van der Waals surface area contributed by atoms with E-state index in [2.05, 4.69) is 25.9 Å². The van der Waals surface area contributed by atoms with E-state index in [0.717, 1.165) is 32.5 Å². The molecule has 2 rings (SSSR count). The molecule has 1 aromatic heterocycles. The molecule has 0 spiro atoms. The fourth-order valence-electron chi connectivity index (χ4n) is 2.46. The van der Waals surface area contributed by atoms with Gasteiger partial charge in [-0.25, -0.2) is 9.98 Å². The Morgan fingerprint density at radius 2 is 2.04 bits per heavy atom. The molecular formula is C16H24Cl2N6O. The molecule has 0 radical (unpaired) electrons. The van der Waals surface area contributed by atoms with Crippen molar-refractivity contribution in [3.8, 4) is 0 Å². The van der Waals surface area contributed by atoms with Crippen LogP contribution >= 0.6 is 23.2 Å². The van der Waals surface area contributed by atoms with Crippen LogP contribution in [0.4, 0.5) is 5.82 Å². The number of anilines is 1. The Morgan fingerprint density at radius 3 is 2.72 bits per heavy atom. The third kappa shape index (κ3) is 6.59. The quantitative estimate of drug-likeness (QED) is 0.379. The van der Waals surface area contributed by atoms with E-state index < -0.39 is 0 Å². The van der Waals surface area contributed by atoms with Crippen molar-refractivity contribution in [3.05, 3.63) is 22.3 Å². The summed E-state index contributed by atoms with van der Waals surface area (Å²) in [5.41, 5.74) is 0. The first-order valence-electron chi connectivity index (χ1n) is 8.45. The molecule has 25 heavy (non-hydrogen) atoms. The van der Waals surface area contributed by atoms with Gasteiger partial charge >= 0.3 is 0 Å². The molecule has 2 heterocycles. The van der Waals surface area contributed by atoms with Gasteiger partial charge in [-0.05, 0) is 25.8 Å². The predicted octanol–water partition coefficient (Wildman–Crippen LogP) is 1.98. The minimum Gasteiger partial charge on any atom is -0.367 e. The molecule has 0 atom stereocenters. The lowest BCUT2D eigenvalue weighted by molar-refractivity contribution is -0.128. The van der Waals surface area contributed by atoms with Crippen molar-refractivity contribution >= 4 is 40.9 Å². The monoisotopic (exact) mass is 386 g/mol. The third-order valence-electron chi connectivity index (χ3n) is 3.69. The molecule has 1 saturated heterocycles. The first kappa shape index (κ1) is 19.6. The van der Waals surface area contributed by atoms with Crippen molar-refractivity contribution in [2.75, 3.05) is 44.6 Å². The van der Waals surface area contributed by atoms with Gasteiger partial charge in [-0.1, -0.05) is 23.2 Å². The summed E-state index contributed by atoms with van der Waals surface area (Å²) in [5.74, 6) is 1.27. The fourth-order valence-corrected chi connectivity index (χ4v) is 2.91. The lowest BCUT2D eigenvalue weighted by Crippen LogP contribution is -2.40. The van der Waals surface area contributed by atoms with Gasteiger partial charge in [0.15, 0.2) is 5.96 Å². The molecule has 0 bridgehead atoms. The SMILES string of the molecule is CCNC(=NCC(=O)N1CCCC1)NCCNc1ncc(Cl)cc1Cl. The van der Waals surface area contributed by atoms with Crippen molar-refractivity contribution in [1.82, 2.24) is 20.5 Å². The smallest absolute Gasteiger partial charge is 0.244 e. The van der Waals surface area contributed by atoms with E-state index in [-0.39, 0.29) is 12.5 Å². The molecule has 1 aromatic rings. The van der Waals surface area contributed by atoms with E-state index in [1.165, 1.54) is 0 Å². The van der Waals surface area contributed by atoms with Gasteiger partial charge in [0, 0.05) is 38.9 Å². The van der Waals surface area contributed by atoms with Gasteiger partial charge < -0.3 is 20.9 Å². The number of carbonyl (C=O) groups excluding carboxylic acids is 1. The maximum absolute atomic E-state index is 12.1. The maximum Gasteiger partial charge on any atom is 0.244 e. The Morgan fingerprint density at radius 1 is 1.28 bits per heavy atom. The molecule has 0 aliphatic carbocycles. The Labute approximate surface area is 158 Å². The lowest BCUT2D eigenvalue weighted by Gasteiger charge is -2.15. The summed E-state index contributed by atoms with van der Waals surface area (Å²) in [6.45, 7) is 5.75. The highest BCUT2D eigenvalue weighted by atomic mass is 35.5. The number of nitrogens with one attached hydrogen (secondary N) is 3. The number of guanidine groups is 1. The van der Waals surface area contributed by atoms with Crippen LogP contribution in [0, 0.1) is 0 Å². The third-order valence-corrected chi connectivity index (χ3v) is 4.19. The van der Waals surface area contributed by atoms with Gasteiger partial charge in [0.1, 0.15) is 12.4 Å². The molecule has 1 fully saturated rings. The summed E-state index contributed by atoms with van der Waals surface area (Å²) >= 11 is 11.9. The van der Waals surface area contributed by atoms with Gasteiger partial charge in [-0.15, -0.1) is 0 Å². The Kier molecular flexibility index (Phi) is 8.08. The summed E-state index contributed by atoms with van der Waals surface area (Å²) < 4.78 is 0. The number of halogens is 2. The van der Waals surface area contributed by atoms with Gasteiger partial charge in [-0.3, -0.25) is 4.79 Å². The predicted molar refractivity (Wildman–Crippen MR) is 103 cm³/mol. The van der Waals surface area contributed by atoms with Crippen molar-refractivity contribution < 1.29 is 4.79 Å². The zero-order valence-corrected chi connectivity index (χ0v) is 15.8. The number of aromatic nitrogens is 1. The first-order valence-corrected chi connectivity index (χ1v) is 9.20. The summed E-state index contributed by atoms with van der Waals surface area (Å²) in [6, 6.07) is 1.64. The topological polar surface area (TPSA) is 81.7 Å². The molecule has 0 aromatic carbocycles. The van der Waals surface area contributed by atoms with Crippen molar-refractivity contribution in [3.63, 3.8) is 0 Å². The lowest BCUT2D eigenvalue weighted by atomic mass is 10.4. The number of likely N-dealkylation sites (tertiary alicyclic amines) is 1. The second-order valence-electron chi connectivity index (χ2n) is 5.62. The van der Waals surface area contributed by atoms with E-state index in [9.17, 15) is 4.79 Å². The molecule has 3 N–H and O–H groups in total. The number of hydrogen-bond acceptors (Lipinski definition) is 4. The van der Waals surface area contributed by atoms with Gasteiger partial charge in [-0.2, -0.15) is 0 Å². The summed E-state index contributed by atoms with van der Waals surface area (Å²) in [7, 11) is 0. The van der Waals surface area contributed by atoms with Crippen LogP contribution in [-0.4, -0.2) is 61.0 Å². The van der Waals surface area contributed by atoms with Crippen LogP contribution in [0.5, 0.6) is 0 Å². The Balaban J connectivity index is 1.76. The second-order valence-corrected chi connectivity index (χ2v) is 6.46. The molecule has 1 aliphatic heterocycles. The summed E-state index contributed by atoms with van der Waals surface area (Å²) in [6.07, 6.45) is 3.71. The van der Waals surface area contributed by atoms with E-state index in [0.29, 0.717) is 34.9 Å². The van der Waals surface area contributed by atoms with Gasteiger partial charge in [0.05, 0.1) is 10.0 Å². The van der Waals surface area contributed by atoms with Crippen molar-refractivity contribution in [2.24, 2.45) is 4.99 Å². The molecule has 138 valence electrons. The van der Waals surface area contributed by atoms with Crippen molar-refractivity contribution in [1.29, 1.82) is 0 Å². The van der Waals surface area contributed by atoms with Crippen LogP contribution in [0.2, 0.25) is 10.0 Å². The normalized spacial score (nSPS) is 14.5. The number of pyridine rings is 1. The number of aliphatic imine (C=N–C) groups is 1. The standard InChI is InChI=1S/C16H24Cl2N6O/c1-2-19-16(23-11-14(25)24-7-3-4-8-24)21-6-5-20-15-13(18)9-12(17)10-22-15/h9-10H,2-8,11H2,1H3,(H,20,22)(H2,19,21,23). The number of amides is 1. The highest BCUT2D eigenvalue weighted by Crippen LogP contribution is 2.21. The maximum atomic E-state index is 12.1. The minimum absolute atomic E-state index is 0.0741. The molecule has 7 nitrogen and oxygen atoms in total. The van der Waals surface area contributed by atoms with Crippen molar-refractivity contribution in [2.45, 2.75) is 19.8 Å². The van der Waals surface area contributed by atoms with Crippen LogP contribution in [0.3, 0.4) is 0 Å². The van der Waals surface area contributed by atoms with Crippen LogP contribution < -0.4 is 16.0 Å². The number of hydrogen-bond donors (Lipinski definition) is 3. The molecular weight excluding hydrogens is 363 g/mol. The molecule has 0 saturated carbocycles. The fraction of sp³-hybridized carbons (Fsp3) is 0.562. The van der Waals surface area contributed by atoms with Crippen LogP contribution in [-0.2, 0) is 4.79 Å². The number of rotatable bonds is 7. The molecule has 1 aliphatic rings. The first-order chi connectivity index (χ1) is 12.1. The average Bonchev–Trinajstić information content (AvgIpc) is 3.12. The summed E-state index contributed by atoms with van der Waals surface area (Å²) in [4.78, 5) is 22.4. The van der Waals surface area contributed by atoms with E-state index in [1.807, 2.05) is 11.8 Å². The Hall–Kier alpha value is -1.73. The van der Waals surface area contributed by atoms with Crippen LogP contribution in [0.15, 0.2) is 17.3 Å². The van der Waals surface area contributed by atoms with E-state index >= 15 is 0 Å². The van der Waals surface area contributed by atoms with Crippen LogP contribution in [0.1, 0.15) is 19.8 Å². The highest BCUT2D eigenvalue weighted by molar-refractivity contribution is 6.35. The number of nitrogens with zero attached hydrogens (tertiary/aromatic N) is 3. The molecule has 1 amide bonds. The van der Waals surface area contributed by atoms with Crippen LogP contribution in [0.25, 0.3) is 0 Å². The molecule has 9 heteroatoms. The minimum atomic E-state index is 0.0741. The van der Waals surface area contributed by atoms with Gasteiger partial charge in [0.25, 0.3) is 0 Å². The average molecular weight is 387 g/mol. The zero-order valence-electron chi connectivity index (χ0n) is 14.3. The number of carbonyl (C=O) groups is 1. The molecule has 0 unspecified atom stereocenters. The second kappa shape index (κ2) is 10.3. The van der Waals surface area contributed by atoms with Gasteiger partial charge in [0.2, 0.25) is 5.91 Å². The van der Waals surface area contributed by atoms with E-state index in [4.69, 9.17) is 23.2 Å². The highest BCUT2D eigenvalue weighted by Gasteiger charge is 2.17. The van der Waals surface area contributed by atoms with E-state index in [1.54, 1.807) is 12.3 Å². The zero-order chi connectivity index (χ0) is 18.1. The summed E-state index contributed by atoms with van der Waals surface area (Å²) in [5, 5.41) is 10.4.